The summed E-state index contributed by atoms with van der Waals surface area (Å²) >= 11 is 0. The van der Waals surface area contributed by atoms with Crippen LogP contribution < -0.4 is 4.74 Å². The molecule has 20 heavy (non-hydrogen) atoms. The van der Waals surface area contributed by atoms with Crippen molar-refractivity contribution < 1.29 is 23.4 Å². The van der Waals surface area contributed by atoms with Gasteiger partial charge in [-0.25, -0.2) is 0 Å². The first kappa shape index (κ1) is 14.7. The molecular formula is C14H17F2NO3. The molecule has 110 valence electrons. The number of rotatable bonds is 5. The van der Waals surface area contributed by atoms with Crippen molar-refractivity contribution in [3.63, 3.8) is 0 Å². The Morgan fingerprint density at radius 3 is 2.85 bits per heavy atom. The number of benzene rings is 1. The number of aliphatic hydroxyl groups excluding tert-OH is 1. The Balaban J connectivity index is 2.01. The van der Waals surface area contributed by atoms with E-state index < -0.39 is 6.61 Å². The van der Waals surface area contributed by atoms with Crippen LogP contribution in [0.25, 0.3) is 0 Å². The zero-order valence-corrected chi connectivity index (χ0v) is 11.0. The molecule has 1 heterocycles. The van der Waals surface area contributed by atoms with E-state index in [9.17, 15) is 13.6 Å². The maximum absolute atomic E-state index is 12.3. The Kier molecular flexibility index (Phi) is 4.89. The van der Waals surface area contributed by atoms with Crippen molar-refractivity contribution >= 4 is 5.91 Å². The van der Waals surface area contributed by atoms with Crippen LogP contribution in [-0.4, -0.2) is 42.2 Å². The van der Waals surface area contributed by atoms with Gasteiger partial charge in [0.1, 0.15) is 5.75 Å². The largest absolute Gasteiger partial charge is 0.435 e. The van der Waals surface area contributed by atoms with Crippen LogP contribution in [-0.2, 0) is 11.2 Å². The molecule has 1 aliphatic heterocycles. The molecule has 2 rings (SSSR count). The molecule has 6 heteroatoms. The summed E-state index contributed by atoms with van der Waals surface area (Å²) in [5.74, 6) is 0.0199. The summed E-state index contributed by atoms with van der Waals surface area (Å²) in [5, 5.41) is 9.06. The fraction of sp³-hybridized carbons (Fsp3) is 0.500. The summed E-state index contributed by atoms with van der Waals surface area (Å²) in [6.07, 6.45) is 0.804. The van der Waals surface area contributed by atoms with Gasteiger partial charge in [-0.05, 0) is 12.5 Å². The van der Waals surface area contributed by atoms with E-state index in [1.54, 1.807) is 23.1 Å². The van der Waals surface area contributed by atoms with Gasteiger partial charge in [-0.1, -0.05) is 18.2 Å². The predicted molar refractivity (Wildman–Crippen MR) is 68.6 cm³/mol. The number of ether oxygens (including phenoxy) is 1. The number of carbonyl (C=O) groups excluding carboxylic acids is 1. The second-order valence-electron chi connectivity index (χ2n) is 4.84. The summed E-state index contributed by atoms with van der Waals surface area (Å²) < 4.78 is 29.0. The molecule has 4 nitrogen and oxygen atoms in total. The minimum atomic E-state index is -2.91. The van der Waals surface area contributed by atoms with Crippen LogP contribution in [0.2, 0.25) is 0 Å². The van der Waals surface area contributed by atoms with Crippen LogP contribution in [0.15, 0.2) is 24.3 Å². The van der Waals surface area contributed by atoms with Crippen LogP contribution in [0.4, 0.5) is 8.78 Å². The number of para-hydroxylation sites is 1. The molecule has 1 saturated heterocycles. The lowest BCUT2D eigenvalue weighted by Gasteiger charge is -2.17. The van der Waals surface area contributed by atoms with E-state index in [2.05, 4.69) is 4.74 Å². The highest BCUT2D eigenvalue weighted by Gasteiger charge is 2.26. The summed E-state index contributed by atoms with van der Waals surface area (Å²) in [6, 6.07) is 6.30. The SMILES string of the molecule is O=C(Cc1ccccc1OC(F)F)N1CCC(CO)C1. The van der Waals surface area contributed by atoms with E-state index in [-0.39, 0.29) is 30.6 Å². The fourth-order valence-corrected chi connectivity index (χ4v) is 2.34. The van der Waals surface area contributed by atoms with E-state index >= 15 is 0 Å². The Bertz CT molecular complexity index is 467. The fourth-order valence-electron chi connectivity index (χ4n) is 2.34. The zero-order valence-electron chi connectivity index (χ0n) is 11.0. The van der Waals surface area contributed by atoms with Gasteiger partial charge in [-0.2, -0.15) is 8.78 Å². The van der Waals surface area contributed by atoms with Crippen LogP contribution in [0, 0.1) is 5.92 Å². The van der Waals surface area contributed by atoms with E-state index in [0.717, 1.165) is 6.42 Å². The van der Waals surface area contributed by atoms with Gasteiger partial charge in [0.2, 0.25) is 5.91 Å². The Hall–Kier alpha value is -1.69. The van der Waals surface area contributed by atoms with Crippen LogP contribution in [0.3, 0.4) is 0 Å². The van der Waals surface area contributed by atoms with Crippen molar-refractivity contribution in [2.45, 2.75) is 19.5 Å². The van der Waals surface area contributed by atoms with Gasteiger partial charge >= 0.3 is 6.61 Å². The van der Waals surface area contributed by atoms with E-state index in [0.29, 0.717) is 18.7 Å². The van der Waals surface area contributed by atoms with Crippen LogP contribution in [0.5, 0.6) is 5.75 Å². The average molecular weight is 285 g/mol. The summed E-state index contributed by atoms with van der Waals surface area (Å²) in [5.41, 5.74) is 0.449. The highest BCUT2D eigenvalue weighted by Crippen LogP contribution is 2.23. The highest BCUT2D eigenvalue weighted by molar-refractivity contribution is 5.79. The Morgan fingerprint density at radius 1 is 1.45 bits per heavy atom. The maximum Gasteiger partial charge on any atom is 0.387 e. The number of carbonyl (C=O) groups is 1. The van der Waals surface area contributed by atoms with E-state index in [4.69, 9.17) is 5.11 Å². The molecule has 0 aliphatic carbocycles. The molecule has 0 aromatic heterocycles. The quantitative estimate of drug-likeness (QED) is 0.895. The van der Waals surface area contributed by atoms with Crippen molar-refractivity contribution in [3.05, 3.63) is 29.8 Å². The third-order valence-corrected chi connectivity index (χ3v) is 3.43. The third-order valence-electron chi connectivity index (χ3n) is 3.43. The number of halogens is 2. The number of amides is 1. The molecule has 1 aromatic carbocycles. The molecule has 1 unspecified atom stereocenters. The van der Waals surface area contributed by atoms with Gasteiger partial charge in [0.15, 0.2) is 0 Å². The predicted octanol–water partition coefficient (Wildman–Crippen LogP) is 1.67. The molecule has 0 bridgehead atoms. The minimum Gasteiger partial charge on any atom is -0.435 e. The van der Waals surface area contributed by atoms with Crippen molar-refractivity contribution in [1.82, 2.24) is 4.90 Å². The lowest BCUT2D eigenvalue weighted by atomic mass is 10.1. The number of likely N-dealkylation sites (tertiary alicyclic amines) is 1. The smallest absolute Gasteiger partial charge is 0.387 e. The standard InChI is InChI=1S/C14H17F2NO3/c15-14(16)20-12-4-2-1-3-11(12)7-13(19)17-6-5-10(8-17)9-18/h1-4,10,14,18H,5-9H2. The number of aliphatic hydroxyl groups is 1. The molecule has 1 aliphatic rings. The van der Waals surface area contributed by atoms with Gasteiger partial charge in [-0.3, -0.25) is 4.79 Å². The normalized spacial score (nSPS) is 18.6. The second kappa shape index (κ2) is 6.65. The minimum absolute atomic E-state index is 0.0288. The average Bonchev–Trinajstić information content (AvgIpc) is 2.89. The van der Waals surface area contributed by atoms with Crippen molar-refractivity contribution in [1.29, 1.82) is 0 Å². The lowest BCUT2D eigenvalue weighted by Crippen LogP contribution is -2.30. The number of alkyl halides is 2. The summed E-state index contributed by atoms with van der Waals surface area (Å²) in [7, 11) is 0. The van der Waals surface area contributed by atoms with Gasteiger partial charge in [-0.15, -0.1) is 0 Å². The van der Waals surface area contributed by atoms with Gasteiger partial charge in [0.05, 0.1) is 6.42 Å². The number of nitrogens with zero attached hydrogens (tertiary/aromatic N) is 1. The molecule has 0 saturated carbocycles. The topological polar surface area (TPSA) is 49.8 Å². The first-order valence-electron chi connectivity index (χ1n) is 6.51. The van der Waals surface area contributed by atoms with Gasteiger partial charge in [0.25, 0.3) is 0 Å². The Morgan fingerprint density at radius 2 is 2.20 bits per heavy atom. The molecular weight excluding hydrogens is 268 g/mol. The van der Waals surface area contributed by atoms with Crippen molar-refractivity contribution in [2.24, 2.45) is 5.92 Å². The van der Waals surface area contributed by atoms with Crippen LogP contribution in [0.1, 0.15) is 12.0 Å². The summed E-state index contributed by atoms with van der Waals surface area (Å²) in [6.45, 7) is -1.72. The third kappa shape index (κ3) is 3.66. The van der Waals surface area contributed by atoms with Gasteiger partial charge < -0.3 is 14.7 Å². The first-order chi connectivity index (χ1) is 9.60. The van der Waals surface area contributed by atoms with Gasteiger partial charge in [0, 0.05) is 31.2 Å². The molecule has 1 atom stereocenters. The maximum atomic E-state index is 12.3. The summed E-state index contributed by atoms with van der Waals surface area (Å²) in [4.78, 5) is 13.8. The first-order valence-corrected chi connectivity index (χ1v) is 6.51. The monoisotopic (exact) mass is 285 g/mol. The number of hydrogen-bond acceptors (Lipinski definition) is 3. The highest BCUT2D eigenvalue weighted by atomic mass is 19.3. The molecule has 1 fully saturated rings. The van der Waals surface area contributed by atoms with Crippen LogP contribution >= 0.6 is 0 Å². The Labute approximate surface area is 116 Å². The molecule has 1 amide bonds. The lowest BCUT2D eigenvalue weighted by molar-refractivity contribution is -0.129. The molecule has 0 spiro atoms. The molecule has 1 aromatic rings. The van der Waals surface area contributed by atoms with E-state index in [1.165, 1.54) is 6.07 Å². The number of hydrogen-bond donors (Lipinski definition) is 1. The van der Waals surface area contributed by atoms with E-state index in [1.807, 2.05) is 0 Å². The molecule has 1 N–H and O–H groups in total. The van der Waals surface area contributed by atoms with Crippen molar-refractivity contribution in [3.8, 4) is 5.75 Å². The zero-order chi connectivity index (χ0) is 14.5. The second-order valence-corrected chi connectivity index (χ2v) is 4.84. The molecule has 0 radical (unpaired) electrons. The van der Waals surface area contributed by atoms with Crippen molar-refractivity contribution in [2.75, 3.05) is 19.7 Å².